The molecule has 0 amide bonds. The first-order valence-corrected chi connectivity index (χ1v) is 7.73. The molecule has 0 unspecified atom stereocenters. The van der Waals surface area contributed by atoms with Gasteiger partial charge in [0, 0.05) is 15.6 Å². The van der Waals surface area contributed by atoms with Gasteiger partial charge in [-0.25, -0.2) is 0 Å². The molecule has 1 aliphatic rings. The summed E-state index contributed by atoms with van der Waals surface area (Å²) in [5.74, 6) is 0.184. The zero-order valence-corrected chi connectivity index (χ0v) is 13.3. The highest BCUT2D eigenvalue weighted by Crippen LogP contribution is 2.38. The predicted octanol–water partition coefficient (Wildman–Crippen LogP) is 4.96. The molecule has 0 aliphatic heterocycles. The van der Waals surface area contributed by atoms with E-state index in [4.69, 9.17) is 0 Å². The molecular weight excluding hydrogens is 377 g/mol. The van der Waals surface area contributed by atoms with Crippen LogP contribution in [-0.4, -0.2) is 5.78 Å². The predicted molar refractivity (Wildman–Crippen MR) is 92.1 cm³/mol. The van der Waals surface area contributed by atoms with E-state index in [-0.39, 0.29) is 5.78 Å². The van der Waals surface area contributed by atoms with Gasteiger partial charge >= 0.3 is 0 Å². The van der Waals surface area contributed by atoms with Crippen molar-refractivity contribution in [3.8, 4) is 0 Å². The molecular formula is C17H12INO2. The fourth-order valence-corrected chi connectivity index (χ4v) is 2.98. The third-order valence-electron chi connectivity index (χ3n) is 3.64. The first-order valence-electron chi connectivity index (χ1n) is 6.65. The maximum atomic E-state index is 12.2. The molecule has 0 spiro atoms. The van der Waals surface area contributed by atoms with Gasteiger partial charge in [0.15, 0.2) is 5.78 Å². The Bertz CT molecular complexity index is 730. The number of ketones is 1. The molecule has 2 aromatic rings. The lowest BCUT2D eigenvalue weighted by Gasteiger charge is -2.07. The van der Waals surface area contributed by atoms with E-state index in [1.165, 1.54) is 0 Å². The van der Waals surface area contributed by atoms with E-state index in [1.54, 1.807) is 12.1 Å². The van der Waals surface area contributed by atoms with Gasteiger partial charge in [-0.15, -0.1) is 4.91 Å². The van der Waals surface area contributed by atoms with Crippen molar-refractivity contribution < 1.29 is 4.79 Å². The van der Waals surface area contributed by atoms with Crippen LogP contribution in [0.2, 0.25) is 0 Å². The number of Topliss-reactive ketones (excluding diaryl/α,β-unsaturated/α-hetero) is 1. The average molecular weight is 389 g/mol. The number of allylic oxidation sites excluding steroid dienone is 2. The Morgan fingerprint density at radius 1 is 0.857 bits per heavy atom. The Kier molecular flexibility index (Phi) is 3.96. The van der Waals surface area contributed by atoms with Crippen LogP contribution >= 0.6 is 22.6 Å². The zero-order chi connectivity index (χ0) is 14.8. The van der Waals surface area contributed by atoms with Crippen LogP contribution in [0.4, 0.5) is 5.69 Å². The van der Waals surface area contributed by atoms with Gasteiger partial charge in [0.1, 0.15) is 5.69 Å². The second kappa shape index (κ2) is 5.89. The summed E-state index contributed by atoms with van der Waals surface area (Å²) in [4.78, 5) is 22.7. The lowest BCUT2D eigenvalue weighted by atomic mass is 9.96. The second-order valence-electron chi connectivity index (χ2n) is 4.92. The number of nitroso groups, excluding NO2 is 1. The van der Waals surface area contributed by atoms with E-state index in [1.807, 2.05) is 36.4 Å². The Balaban J connectivity index is 2.09. The number of nitrogens with zero attached hydrogens (tertiary/aromatic N) is 1. The van der Waals surface area contributed by atoms with Gasteiger partial charge in [-0.2, -0.15) is 0 Å². The van der Waals surface area contributed by atoms with Crippen LogP contribution in [0.3, 0.4) is 0 Å². The SMILES string of the molecule is O=Nc1ccc(C2=C(c3ccc(I)cc3)C(=O)CC2)cc1. The summed E-state index contributed by atoms with van der Waals surface area (Å²) in [5, 5.41) is 2.91. The van der Waals surface area contributed by atoms with Crippen LogP contribution in [0.1, 0.15) is 24.0 Å². The zero-order valence-electron chi connectivity index (χ0n) is 11.2. The molecule has 0 saturated carbocycles. The highest BCUT2D eigenvalue weighted by atomic mass is 127. The Morgan fingerprint density at radius 2 is 1.48 bits per heavy atom. The van der Waals surface area contributed by atoms with Crippen LogP contribution in [0.15, 0.2) is 53.7 Å². The summed E-state index contributed by atoms with van der Waals surface area (Å²) in [5.41, 5.74) is 4.21. The van der Waals surface area contributed by atoms with E-state index in [2.05, 4.69) is 27.8 Å². The van der Waals surface area contributed by atoms with Gasteiger partial charge in [-0.05, 0) is 75.2 Å². The fraction of sp³-hybridized carbons (Fsp3) is 0.118. The van der Waals surface area contributed by atoms with Crippen molar-refractivity contribution >= 4 is 45.2 Å². The molecule has 0 saturated heterocycles. The number of halogens is 1. The summed E-state index contributed by atoms with van der Waals surface area (Å²) in [6.45, 7) is 0. The summed E-state index contributed by atoms with van der Waals surface area (Å²) in [7, 11) is 0. The van der Waals surface area contributed by atoms with Crippen molar-refractivity contribution in [2.24, 2.45) is 5.18 Å². The minimum Gasteiger partial charge on any atom is -0.294 e. The molecule has 0 atom stereocenters. The van der Waals surface area contributed by atoms with Gasteiger partial charge in [-0.1, -0.05) is 24.3 Å². The Morgan fingerprint density at radius 3 is 2.10 bits per heavy atom. The molecule has 104 valence electrons. The largest absolute Gasteiger partial charge is 0.294 e. The molecule has 0 N–H and O–H groups in total. The molecule has 0 bridgehead atoms. The topological polar surface area (TPSA) is 46.5 Å². The molecule has 21 heavy (non-hydrogen) atoms. The van der Waals surface area contributed by atoms with E-state index in [0.29, 0.717) is 12.1 Å². The molecule has 0 heterocycles. The lowest BCUT2D eigenvalue weighted by Crippen LogP contribution is -1.96. The number of hydrogen-bond donors (Lipinski definition) is 0. The van der Waals surface area contributed by atoms with Gasteiger partial charge in [0.2, 0.25) is 0 Å². The smallest absolute Gasteiger partial charge is 0.164 e. The van der Waals surface area contributed by atoms with E-state index >= 15 is 0 Å². The number of benzene rings is 2. The van der Waals surface area contributed by atoms with Crippen LogP contribution in [0.25, 0.3) is 11.1 Å². The van der Waals surface area contributed by atoms with Crippen molar-refractivity contribution in [2.45, 2.75) is 12.8 Å². The maximum Gasteiger partial charge on any atom is 0.164 e. The quantitative estimate of drug-likeness (QED) is 0.550. The van der Waals surface area contributed by atoms with Crippen LogP contribution in [0.5, 0.6) is 0 Å². The third-order valence-corrected chi connectivity index (χ3v) is 4.36. The fourth-order valence-electron chi connectivity index (χ4n) is 2.62. The van der Waals surface area contributed by atoms with Crippen molar-refractivity contribution in [1.29, 1.82) is 0 Å². The standard InChI is InChI=1S/C17H12INO2/c18-13-5-1-12(2-6-13)17-15(9-10-16(17)20)11-3-7-14(19-21)8-4-11/h1-8H,9-10H2. The lowest BCUT2D eigenvalue weighted by molar-refractivity contribution is -0.113. The first-order chi connectivity index (χ1) is 10.2. The van der Waals surface area contributed by atoms with Gasteiger partial charge in [-0.3, -0.25) is 4.79 Å². The summed E-state index contributed by atoms with van der Waals surface area (Å²) < 4.78 is 1.14. The summed E-state index contributed by atoms with van der Waals surface area (Å²) in [6, 6.07) is 15.1. The van der Waals surface area contributed by atoms with E-state index < -0.39 is 0 Å². The average Bonchev–Trinajstić information content (AvgIpc) is 2.90. The summed E-state index contributed by atoms with van der Waals surface area (Å²) >= 11 is 2.25. The monoisotopic (exact) mass is 389 g/mol. The van der Waals surface area contributed by atoms with Crippen LogP contribution in [0, 0.1) is 8.48 Å². The number of carbonyl (C=O) groups excluding carboxylic acids is 1. The molecule has 1 aliphatic carbocycles. The number of hydrogen-bond acceptors (Lipinski definition) is 3. The van der Waals surface area contributed by atoms with Gasteiger partial charge < -0.3 is 0 Å². The minimum absolute atomic E-state index is 0.184. The van der Waals surface area contributed by atoms with Gasteiger partial charge in [0.05, 0.1) is 0 Å². The van der Waals surface area contributed by atoms with Crippen LogP contribution < -0.4 is 0 Å². The molecule has 0 aromatic heterocycles. The normalized spacial score (nSPS) is 14.6. The molecule has 3 nitrogen and oxygen atoms in total. The molecule has 3 rings (SSSR count). The number of rotatable bonds is 3. The number of carbonyl (C=O) groups is 1. The van der Waals surface area contributed by atoms with Crippen molar-refractivity contribution in [3.05, 3.63) is 68.1 Å². The summed E-state index contributed by atoms with van der Waals surface area (Å²) in [6.07, 6.45) is 1.29. The molecule has 4 heteroatoms. The third kappa shape index (κ3) is 2.81. The van der Waals surface area contributed by atoms with Gasteiger partial charge in [0.25, 0.3) is 0 Å². The highest BCUT2D eigenvalue weighted by Gasteiger charge is 2.25. The molecule has 2 aromatic carbocycles. The maximum absolute atomic E-state index is 12.2. The Hall–Kier alpha value is -1.82. The first kappa shape index (κ1) is 14.1. The van der Waals surface area contributed by atoms with E-state index in [0.717, 1.165) is 32.3 Å². The Labute approximate surface area is 136 Å². The van der Waals surface area contributed by atoms with E-state index in [9.17, 15) is 9.70 Å². The second-order valence-corrected chi connectivity index (χ2v) is 6.17. The molecule has 0 radical (unpaired) electrons. The molecule has 0 fully saturated rings. The highest BCUT2D eigenvalue weighted by molar-refractivity contribution is 14.1. The van der Waals surface area contributed by atoms with Crippen molar-refractivity contribution in [1.82, 2.24) is 0 Å². The minimum atomic E-state index is 0.184. The van der Waals surface area contributed by atoms with Crippen LogP contribution in [-0.2, 0) is 4.79 Å². The van der Waals surface area contributed by atoms with Crippen molar-refractivity contribution in [3.63, 3.8) is 0 Å². The van der Waals surface area contributed by atoms with Crippen molar-refractivity contribution in [2.75, 3.05) is 0 Å².